The summed E-state index contributed by atoms with van der Waals surface area (Å²) in [6.07, 6.45) is 8.38. The van der Waals surface area contributed by atoms with Gasteiger partial charge in [0.2, 0.25) is 0 Å². The number of nitrogens with zero attached hydrogens (tertiary/aromatic N) is 1. The summed E-state index contributed by atoms with van der Waals surface area (Å²) in [4.78, 5) is 4.80. The standard InChI is InChI=1S/C16H25N3S/c1-12(2)10-16(7-3-4-8-16)11-19-15-13(14(17)20)6-5-9-18-15/h5-6,9,12H,3-4,7-8,10-11H2,1-2H3,(H2,17,20)(H,18,19). The van der Waals surface area contributed by atoms with Gasteiger partial charge in [-0.3, -0.25) is 0 Å². The number of anilines is 1. The third kappa shape index (κ3) is 3.69. The molecule has 0 radical (unpaired) electrons. The predicted octanol–water partition coefficient (Wildman–Crippen LogP) is 3.73. The lowest BCUT2D eigenvalue weighted by Crippen LogP contribution is -2.29. The lowest BCUT2D eigenvalue weighted by Gasteiger charge is -2.31. The van der Waals surface area contributed by atoms with E-state index in [1.807, 2.05) is 12.1 Å². The van der Waals surface area contributed by atoms with Crippen molar-refractivity contribution in [2.24, 2.45) is 17.1 Å². The summed E-state index contributed by atoms with van der Waals surface area (Å²) in [5, 5.41) is 3.50. The Morgan fingerprint density at radius 1 is 1.45 bits per heavy atom. The highest BCUT2D eigenvalue weighted by atomic mass is 32.1. The summed E-state index contributed by atoms with van der Waals surface area (Å²) in [5.74, 6) is 1.56. The second-order valence-corrected chi connectivity index (χ2v) is 6.86. The summed E-state index contributed by atoms with van der Waals surface area (Å²) in [5.41, 5.74) is 7.03. The molecule has 0 aliphatic heterocycles. The summed E-state index contributed by atoms with van der Waals surface area (Å²) in [7, 11) is 0. The Kier molecular flexibility index (Phi) is 4.97. The molecule has 0 bridgehead atoms. The zero-order chi connectivity index (χ0) is 14.6. The van der Waals surface area contributed by atoms with E-state index in [1.165, 1.54) is 32.1 Å². The highest BCUT2D eigenvalue weighted by Crippen LogP contribution is 2.43. The first-order chi connectivity index (χ1) is 9.52. The van der Waals surface area contributed by atoms with Crippen molar-refractivity contribution in [3.63, 3.8) is 0 Å². The minimum atomic E-state index is 0.407. The van der Waals surface area contributed by atoms with E-state index in [9.17, 15) is 0 Å². The number of nitrogens with one attached hydrogen (secondary N) is 1. The monoisotopic (exact) mass is 291 g/mol. The number of hydrogen-bond acceptors (Lipinski definition) is 3. The van der Waals surface area contributed by atoms with Gasteiger partial charge in [0.1, 0.15) is 10.8 Å². The van der Waals surface area contributed by atoms with Crippen LogP contribution in [0.2, 0.25) is 0 Å². The maximum atomic E-state index is 5.76. The van der Waals surface area contributed by atoms with Crippen molar-refractivity contribution in [2.45, 2.75) is 46.0 Å². The maximum absolute atomic E-state index is 5.76. The molecule has 20 heavy (non-hydrogen) atoms. The van der Waals surface area contributed by atoms with E-state index in [0.29, 0.717) is 10.4 Å². The Balaban J connectivity index is 2.08. The fraction of sp³-hybridized carbons (Fsp3) is 0.625. The Morgan fingerprint density at radius 2 is 2.15 bits per heavy atom. The van der Waals surface area contributed by atoms with Crippen LogP contribution in [0.15, 0.2) is 18.3 Å². The number of pyridine rings is 1. The molecule has 1 aromatic heterocycles. The van der Waals surface area contributed by atoms with E-state index < -0.39 is 0 Å². The zero-order valence-corrected chi connectivity index (χ0v) is 13.3. The lowest BCUT2D eigenvalue weighted by atomic mass is 9.78. The van der Waals surface area contributed by atoms with Gasteiger partial charge in [-0.15, -0.1) is 0 Å². The molecule has 0 spiro atoms. The van der Waals surface area contributed by atoms with Crippen LogP contribution in [0.25, 0.3) is 0 Å². The van der Waals surface area contributed by atoms with Crippen LogP contribution in [-0.4, -0.2) is 16.5 Å². The molecule has 4 heteroatoms. The molecule has 0 saturated heterocycles. The minimum absolute atomic E-state index is 0.407. The van der Waals surface area contributed by atoms with Crippen LogP contribution in [-0.2, 0) is 0 Å². The maximum Gasteiger partial charge on any atom is 0.136 e. The van der Waals surface area contributed by atoms with Gasteiger partial charge in [-0.1, -0.05) is 38.9 Å². The van der Waals surface area contributed by atoms with E-state index >= 15 is 0 Å². The fourth-order valence-electron chi connectivity index (χ4n) is 3.46. The molecular weight excluding hydrogens is 266 g/mol. The van der Waals surface area contributed by atoms with E-state index in [4.69, 9.17) is 18.0 Å². The lowest BCUT2D eigenvalue weighted by molar-refractivity contribution is 0.252. The highest BCUT2D eigenvalue weighted by Gasteiger charge is 2.34. The normalized spacial score (nSPS) is 17.4. The first kappa shape index (κ1) is 15.2. The molecule has 0 unspecified atom stereocenters. The summed E-state index contributed by atoms with van der Waals surface area (Å²) in [6.45, 7) is 5.58. The van der Waals surface area contributed by atoms with Gasteiger partial charge in [-0.25, -0.2) is 4.98 Å². The number of rotatable bonds is 6. The summed E-state index contributed by atoms with van der Waals surface area (Å²) >= 11 is 5.09. The molecule has 3 N–H and O–H groups in total. The van der Waals surface area contributed by atoms with Crippen LogP contribution in [0.4, 0.5) is 5.82 Å². The van der Waals surface area contributed by atoms with Gasteiger partial charge in [0, 0.05) is 12.7 Å². The quantitative estimate of drug-likeness (QED) is 0.784. The van der Waals surface area contributed by atoms with Crippen molar-refractivity contribution in [3.05, 3.63) is 23.9 Å². The zero-order valence-electron chi connectivity index (χ0n) is 12.5. The van der Waals surface area contributed by atoms with E-state index in [0.717, 1.165) is 23.8 Å². The molecule has 3 nitrogen and oxygen atoms in total. The Morgan fingerprint density at radius 3 is 2.75 bits per heavy atom. The molecule has 0 amide bonds. The van der Waals surface area contributed by atoms with E-state index in [-0.39, 0.29) is 0 Å². The fourth-order valence-corrected chi connectivity index (χ4v) is 3.63. The average molecular weight is 291 g/mol. The first-order valence-corrected chi connectivity index (χ1v) is 7.92. The molecule has 0 atom stereocenters. The van der Waals surface area contributed by atoms with Gasteiger partial charge in [0.05, 0.1) is 5.56 Å². The van der Waals surface area contributed by atoms with Crippen molar-refractivity contribution in [3.8, 4) is 0 Å². The van der Waals surface area contributed by atoms with Crippen molar-refractivity contribution >= 4 is 23.0 Å². The molecule has 1 fully saturated rings. The molecule has 2 rings (SSSR count). The predicted molar refractivity (Wildman–Crippen MR) is 89.0 cm³/mol. The molecule has 1 heterocycles. The van der Waals surface area contributed by atoms with Crippen LogP contribution in [0.1, 0.15) is 51.5 Å². The molecular formula is C16H25N3S. The van der Waals surface area contributed by atoms with Crippen LogP contribution in [0.5, 0.6) is 0 Å². The van der Waals surface area contributed by atoms with Crippen LogP contribution >= 0.6 is 12.2 Å². The van der Waals surface area contributed by atoms with Crippen LogP contribution in [0.3, 0.4) is 0 Å². The Labute approximate surface area is 127 Å². The van der Waals surface area contributed by atoms with E-state index in [1.54, 1.807) is 6.20 Å². The van der Waals surface area contributed by atoms with E-state index in [2.05, 4.69) is 24.1 Å². The molecule has 0 aromatic carbocycles. The second kappa shape index (κ2) is 6.53. The number of nitrogens with two attached hydrogens (primary N) is 1. The van der Waals surface area contributed by atoms with Crippen molar-refractivity contribution < 1.29 is 0 Å². The van der Waals surface area contributed by atoms with Gasteiger partial charge < -0.3 is 11.1 Å². The van der Waals surface area contributed by atoms with Crippen LogP contribution < -0.4 is 11.1 Å². The van der Waals surface area contributed by atoms with Gasteiger partial charge in [-0.05, 0) is 42.7 Å². The molecule has 110 valence electrons. The third-order valence-electron chi connectivity index (χ3n) is 4.21. The number of aromatic nitrogens is 1. The molecule has 1 saturated carbocycles. The molecule has 1 aliphatic carbocycles. The van der Waals surface area contributed by atoms with Gasteiger partial charge in [-0.2, -0.15) is 0 Å². The Hall–Kier alpha value is -1.16. The topological polar surface area (TPSA) is 50.9 Å². The summed E-state index contributed by atoms with van der Waals surface area (Å²) < 4.78 is 0. The summed E-state index contributed by atoms with van der Waals surface area (Å²) in [6, 6.07) is 3.81. The molecule has 1 aliphatic rings. The largest absolute Gasteiger partial charge is 0.389 e. The Bertz CT molecular complexity index is 465. The third-order valence-corrected chi connectivity index (χ3v) is 4.43. The van der Waals surface area contributed by atoms with Gasteiger partial charge in [0.15, 0.2) is 0 Å². The average Bonchev–Trinajstić information content (AvgIpc) is 2.84. The molecule has 1 aromatic rings. The number of hydrogen-bond donors (Lipinski definition) is 2. The van der Waals surface area contributed by atoms with Crippen molar-refractivity contribution in [2.75, 3.05) is 11.9 Å². The minimum Gasteiger partial charge on any atom is -0.389 e. The van der Waals surface area contributed by atoms with Gasteiger partial charge >= 0.3 is 0 Å². The van der Waals surface area contributed by atoms with Crippen molar-refractivity contribution in [1.29, 1.82) is 0 Å². The smallest absolute Gasteiger partial charge is 0.136 e. The second-order valence-electron chi connectivity index (χ2n) is 6.42. The van der Waals surface area contributed by atoms with Gasteiger partial charge in [0.25, 0.3) is 0 Å². The van der Waals surface area contributed by atoms with Crippen LogP contribution in [0, 0.1) is 11.3 Å². The van der Waals surface area contributed by atoms with Crippen molar-refractivity contribution in [1.82, 2.24) is 4.98 Å². The first-order valence-electron chi connectivity index (χ1n) is 7.51. The highest BCUT2D eigenvalue weighted by molar-refractivity contribution is 7.80. The SMILES string of the molecule is CC(C)CC1(CNc2ncccc2C(N)=S)CCCC1. The number of thiocarbonyl (C=S) groups is 1.